The molecule has 1 unspecified atom stereocenters. The van der Waals surface area contributed by atoms with Crippen molar-refractivity contribution in [1.82, 2.24) is 9.55 Å². The van der Waals surface area contributed by atoms with Crippen LogP contribution in [0.2, 0.25) is 5.02 Å². The lowest BCUT2D eigenvalue weighted by Gasteiger charge is -2.36. The molecule has 4 rings (SSSR count). The van der Waals surface area contributed by atoms with Gasteiger partial charge in [-0.1, -0.05) is 50.9 Å². The number of benzene rings is 1. The Balaban J connectivity index is 1.80. The van der Waals surface area contributed by atoms with Gasteiger partial charge in [0.15, 0.2) is 5.13 Å². The van der Waals surface area contributed by atoms with Gasteiger partial charge in [-0.3, -0.25) is 9.36 Å². The van der Waals surface area contributed by atoms with E-state index in [1.807, 2.05) is 23.6 Å². The molecule has 0 bridgehead atoms. The Kier molecular flexibility index (Phi) is 6.03. The standard InChI is InChI=1S/C24H27ClN2O2S/c1-4-24(2,3)18-8-9-21-17(10-18)12-22(16-6-5-7-19(25)11-16)27(21)23-26-20(14-30-23)13-29-15-28/h5-7,11-12,14-15,18H,4,8-10,13H2,1-3H3. The van der Waals surface area contributed by atoms with Gasteiger partial charge >= 0.3 is 0 Å². The number of rotatable bonds is 7. The predicted molar refractivity (Wildman–Crippen MR) is 122 cm³/mol. The third-order valence-electron chi connectivity index (χ3n) is 6.56. The van der Waals surface area contributed by atoms with Gasteiger partial charge in [-0.05, 0) is 54.4 Å². The van der Waals surface area contributed by atoms with E-state index in [2.05, 4.69) is 37.5 Å². The molecule has 158 valence electrons. The summed E-state index contributed by atoms with van der Waals surface area (Å²) in [5.41, 5.74) is 6.05. The quantitative estimate of drug-likeness (QED) is 0.394. The molecule has 0 fully saturated rings. The highest BCUT2D eigenvalue weighted by Crippen LogP contribution is 2.43. The van der Waals surface area contributed by atoms with Crippen LogP contribution in [0.4, 0.5) is 0 Å². The molecule has 0 radical (unpaired) electrons. The van der Waals surface area contributed by atoms with Crippen molar-refractivity contribution in [2.45, 2.75) is 53.1 Å². The molecule has 1 aliphatic carbocycles. The lowest BCUT2D eigenvalue weighted by atomic mass is 9.69. The van der Waals surface area contributed by atoms with Crippen molar-refractivity contribution in [1.29, 1.82) is 0 Å². The molecule has 0 N–H and O–H groups in total. The van der Waals surface area contributed by atoms with Crippen molar-refractivity contribution >= 4 is 29.4 Å². The zero-order chi connectivity index (χ0) is 21.3. The lowest BCUT2D eigenvalue weighted by molar-refractivity contribution is -0.129. The number of thiazole rings is 1. The van der Waals surface area contributed by atoms with E-state index in [4.69, 9.17) is 21.3 Å². The minimum absolute atomic E-state index is 0.197. The number of hydrogen-bond acceptors (Lipinski definition) is 4. The van der Waals surface area contributed by atoms with Crippen LogP contribution in [0, 0.1) is 11.3 Å². The largest absolute Gasteiger partial charge is 0.461 e. The number of halogens is 1. The van der Waals surface area contributed by atoms with Crippen LogP contribution in [0.25, 0.3) is 16.4 Å². The Labute approximate surface area is 186 Å². The van der Waals surface area contributed by atoms with E-state index < -0.39 is 0 Å². The highest BCUT2D eigenvalue weighted by Gasteiger charge is 2.33. The van der Waals surface area contributed by atoms with Gasteiger partial charge in [-0.25, -0.2) is 4.98 Å². The smallest absolute Gasteiger partial charge is 0.293 e. The van der Waals surface area contributed by atoms with E-state index >= 15 is 0 Å². The molecule has 2 aromatic heterocycles. The molecule has 1 aliphatic rings. The Morgan fingerprint density at radius 3 is 2.93 bits per heavy atom. The van der Waals surface area contributed by atoms with Gasteiger partial charge in [0.2, 0.25) is 0 Å². The number of hydrogen-bond donors (Lipinski definition) is 0. The minimum atomic E-state index is 0.197. The third-order valence-corrected chi connectivity index (χ3v) is 7.67. The summed E-state index contributed by atoms with van der Waals surface area (Å²) in [6.07, 6.45) is 4.48. The van der Waals surface area contributed by atoms with Gasteiger partial charge in [-0.2, -0.15) is 0 Å². The average molecular weight is 443 g/mol. The normalized spacial score (nSPS) is 16.3. The summed E-state index contributed by atoms with van der Waals surface area (Å²) in [5, 5.41) is 3.59. The van der Waals surface area contributed by atoms with Crippen LogP contribution in [0.1, 0.15) is 50.6 Å². The first-order chi connectivity index (χ1) is 14.4. The fourth-order valence-electron chi connectivity index (χ4n) is 4.35. The van der Waals surface area contributed by atoms with Gasteiger partial charge in [-0.15, -0.1) is 11.3 Å². The SMILES string of the molecule is CCC(C)(C)C1CCc2c(cc(-c3cccc(Cl)c3)n2-c2nc(COC=O)cs2)C1. The summed E-state index contributed by atoms with van der Waals surface area (Å²) in [5.74, 6) is 0.672. The molecule has 4 nitrogen and oxygen atoms in total. The van der Waals surface area contributed by atoms with Gasteiger partial charge in [0.1, 0.15) is 6.61 Å². The Morgan fingerprint density at radius 2 is 2.20 bits per heavy atom. The fraction of sp³-hybridized carbons (Fsp3) is 0.417. The first kappa shape index (κ1) is 21.1. The maximum atomic E-state index is 10.5. The molecule has 0 spiro atoms. The van der Waals surface area contributed by atoms with Crippen LogP contribution in [-0.2, 0) is 29.0 Å². The van der Waals surface area contributed by atoms with Crippen molar-refractivity contribution in [3.8, 4) is 16.4 Å². The van der Waals surface area contributed by atoms with Crippen LogP contribution in [0.15, 0.2) is 35.7 Å². The Bertz CT molecular complexity index is 1050. The van der Waals surface area contributed by atoms with Gasteiger partial charge in [0, 0.05) is 21.7 Å². The van der Waals surface area contributed by atoms with Crippen LogP contribution < -0.4 is 0 Å². The lowest BCUT2D eigenvalue weighted by Crippen LogP contribution is -2.29. The molecule has 0 amide bonds. The molecule has 3 aromatic rings. The molecular weight excluding hydrogens is 416 g/mol. The molecule has 30 heavy (non-hydrogen) atoms. The molecule has 0 saturated heterocycles. The van der Waals surface area contributed by atoms with E-state index in [1.54, 1.807) is 11.3 Å². The average Bonchev–Trinajstić information content (AvgIpc) is 3.35. The number of ether oxygens (including phenoxy) is 1. The number of nitrogens with zero attached hydrogens (tertiary/aromatic N) is 2. The topological polar surface area (TPSA) is 44.1 Å². The van der Waals surface area contributed by atoms with Crippen LogP contribution in [0.5, 0.6) is 0 Å². The summed E-state index contributed by atoms with van der Waals surface area (Å²) in [6, 6.07) is 10.3. The van der Waals surface area contributed by atoms with Crippen molar-refractivity contribution < 1.29 is 9.53 Å². The number of aromatic nitrogens is 2. The van der Waals surface area contributed by atoms with Gasteiger partial charge < -0.3 is 4.74 Å². The van der Waals surface area contributed by atoms with Crippen LogP contribution in [0.3, 0.4) is 0 Å². The zero-order valence-corrected chi connectivity index (χ0v) is 19.2. The summed E-state index contributed by atoms with van der Waals surface area (Å²) in [4.78, 5) is 15.3. The second-order valence-corrected chi connectivity index (χ2v) is 9.93. The molecule has 1 atom stereocenters. The highest BCUT2D eigenvalue weighted by atomic mass is 35.5. The van der Waals surface area contributed by atoms with Crippen molar-refractivity contribution in [2.24, 2.45) is 11.3 Å². The number of carbonyl (C=O) groups is 1. The molecule has 0 saturated carbocycles. The summed E-state index contributed by atoms with van der Waals surface area (Å²) >= 11 is 7.89. The van der Waals surface area contributed by atoms with E-state index in [9.17, 15) is 4.79 Å². The summed E-state index contributed by atoms with van der Waals surface area (Å²) in [6.45, 7) is 7.72. The highest BCUT2D eigenvalue weighted by molar-refractivity contribution is 7.12. The van der Waals surface area contributed by atoms with Gasteiger partial charge in [0.05, 0.1) is 11.4 Å². The number of carbonyl (C=O) groups excluding carboxylic acids is 1. The number of fused-ring (bicyclic) bond motifs is 1. The molecule has 0 aliphatic heterocycles. The fourth-order valence-corrected chi connectivity index (χ4v) is 5.38. The first-order valence-corrected chi connectivity index (χ1v) is 11.7. The van der Waals surface area contributed by atoms with E-state index in [0.717, 1.165) is 39.9 Å². The molecular formula is C24H27ClN2O2S. The second kappa shape index (κ2) is 8.56. The molecule has 2 heterocycles. The van der Waals surface area contributed by atoms with Crippen molar-refractivity contribution in [3.63, 3.8) is 0 Å². The maximum Gasteiger partial charge on any atom is 0.293 e. The molecule has 6 heteroatoms. The first-order valence-electron chi connectivity index (χ1n) is 10.4. The minimum Gasteiger partial charge on any atom is -0.461 e. The second-order valence-electron chi connectivity index (χ2n) is 8.66. The van der Waals surface area contributed by atoms with E-state index in [1.165, 1.54) is 24.1 Å². The molecule has 1 aromatic carbocycles. The monoisotopic (exact) mass is 442 g/mol. The van der Waals surface area contributed by atoms with Crippen molar-refractivity contribution in [3.05, 3.63) is 57.7 Å². The Hall–Kier alpha value is -2.11. The predicted octanol–water partition coefficient (Wildman–Crippen LogP) is 6.47. The summed E-state index contributed by atoms with van der Waals surface area (Å²) in [7, 11) is 0. The zero-order valence-electron chi connectivity index (χ0n) is 17.7. The van der Waals surface area contributed by atoms with Crippen LogP contribution >= 0.6 is 22.9 Å². The van der Waals surface area contributed by atoms with Gasteiger partial charge in [0.25, 0.3) is 6.47 Å². The summed E-state index contributed by atoms with van der Waals surface area (Å²) < 4.78 is 7.18. The van der Waals surface area contributed by atoms with E-state index in [0.29, 0.717) is 17.8 Å². The third kappa shape index (κ3) is 4.06. The van der Waals surface area contributed by atoms with E-state index in [-0.39, 0.29) is 6.61 Å². The van der Waals surface area contributed by atoms with Crippen molar-refractivity contribution in [2.75, 3.05) is 0 Å². The Morgan fingerprint density at radius 1 is 1.37 bits per heavy atom. The maximum absolute atomic E-state index is 10.5. The van der Waals surface area contributed by atoms with Crippen LogP contribution in [-0.4, -0.2) is 16.0 Å².